The molecule has 4 amide bonds. The molecular formula is C19H17ClN4O6. The SMILES string of the molecule is COc1cc([N+](=O)[O-])ccc1NC(=O)CN1C(=O)N[C@@](C)(c2ccc(Cl)cc2)C1=O. The molecular weight excluding hydrogens is 416 g/mol. The predicted molar refractivity (Wildman–Crippen MR) is 107 cm³/mol. The lowest BCUT2D eigenvalue weighted by Crippen LogP contribution is -2.42. The molecule has 11 heteroatoms. The number of carbonyl (C=O) groups is 3. The standard InChI is InChI=1S/C19H17ClN4O6/c1-19(11-3-5-12(20)6-4-11)17(26)23(18(27)22-19)10-16(25)21-14-8-7-13(24(28)29)9-15(14)30-2/h3-9H,10H2,1-2H3,(H,21,25)(H,22,27)/t19-/m0/s1. The fraction of sp³-hybridized carbons (Fsp3) is 0.211. The van der Waals surface area contributed by atoms with Crippen molar-refractivity contribution >= 4 is 40.8 Å². The number of halogens is 1. The molecule has 0 spiro atoms. The lowest BCUT2D eigenvalue weighted by molar-refractivity contribution is -0.384. The molecule has 156 valence electrons. The van der Waals surface area contributed by atoms with Crippen molar-refractivity contribution in [1.82, 2.24) is 10.2 Å². The Morgan fingerprint density at radius 2 is 1.93 bits per heavy atom. The van der Waals surface area contributed by atoms with Crippen LogP contribution in [0.3, 0.4) is 0 Å². The van der Waals surface area contributed by atoms with E-state index in [0.717, 1.165) is 11.0 Å². The summed E-state index contributed by atoms with van der Waals surface area (Å²) in [5.41, 5.74) is -0.865. The Kier molecular flexibility index (Phi) is 5.61. The molecule has 0 unspecified atom stereocenters. The maximum Gasteiger partial charge on any atom is 0.325 e. The number of non-ortho nitro benzene ring substituents is 1. The molecule has 0 aromatic heterocycles. The number of hydrogen-bond donors (Lipinski definition) is 2. The van der Waals surface area contributed by atoms with Crippen molar-refractivity contribution < 1.29 is 24.0 Å². The van der Waals surface area contributed by atoms with Crippen LogP contribution < -0.4 is 15.4 Å². The van der Waals surface area contributed by atoms with Gasteiger partial charge in [-0.3, -0.25) is 24.6 Å². The molecule has 2 aromatic carbocycles. The average Bonchev–Trinajstić information content (AvgIpc) is 2.92. The average molecular weight is 433 g/mol. The molecule has 1 fully saturated rings. The van der Waals surface area contributed by atoms with E-state index in [1.165, 1.54) is 26.2 Å². The van der Waals surface area contributed by atoms with Gasteiger partial charge in [0.25, 0.3) is 11.6 Å². The molecule has 1 aliphatic rings. The minimum atomic E-state index is -1.34. The fourth-order valence-electron chi connectivity index (χ4n) is 3.05. The van der Waals surface area contributed by atoms with Crippen molar-refractivity contribution in [3.63, 3.8) is 0 Å². The quantitative estimate of drug-likeness (QED) is 0.410. The van der Waals surface area contributed by atoms with Crippen molar-refractivity contribution in [1.29, 1.82) is 0 Å². The predicted octanol–water partition coefficient (Wildman–Crippen LogP) is 2.66. The molecule has 0 aliphatic carbocycles. The third kappa shape index (κ3) is 3.90. The third-order valence-corrected chi connectivity index (χ3v) is 4.92. The Balaban J connectivity index is 1.76. The maximum absolute atomic E-state index is 12.9. The first-order valence-corrected chi connectivity index (χ1v) is 9.06. The first-order valence-electron chi connectivity index (χ1n) is 8.68. The summed E-state index contributed by atoms with van der Waals surface area (Å²) in [7, 11) is 1.30. The summed E-state index contributed by atoms with van der Waals surface area (Å²) in [4.78, 5) is 48.8. The number of hydrogen-bond acceptors (Lipinski definition) is 6. The van der Waals surface area contributed by atoms with E-state index in [1.807, 2.05) is 0 Å². The number of urea groups is 1. The van der Waals surface area contributed by atoms with E-state index < -0.39 is 34.9 Å². The van der Waals surface area contributed by atoms with Gasteiger partial charge in [-0.2, -0.15) is 0 Å². The van der Waals surface area contributed by atoms with E-state index in [0.29, 0.717) is 10.6 Å². The van der Waals surface area contributed by atoms with Gasteiger partial charge in [-0.15, -0.1) is 0 Å². The summed E-state index contributed by atoms with van der Waals surface area (Å²) in [6.07, 6.45) is 0. The zero-order valence-electron chi connectivity index (χ0n) is 16.0. The van der Waals surface area contributed by atoms with E-state index in [9.17, 15) is 24.5 Å². The topological polar surface area (TPSA) is 131 Å². The Morgan fingerprint density at radius 3 is 2.53 bits per heavy atom. The fourth-order valence-corrected chi connectivity index (χ4v) is 3.18. The first kappa shape index (κ1) is 21.1. The van der Waals surface area contributed by atoms with Crippen molar-refractivity contribution in [2.75, 3.05) is 19.0 Å². The Labute approximate surface area is 175 Å². The van der Waals surface area contributed by atoms with Gasteiger partial charge in [0, 0.05) is 11.1 Å². The second kappa shape index (κ2) is 7.99. The van der Waals surface area contributed by atoms with Crippen LogP contribution in [0.1, 0.15) is 12.5 Å². The molecule has 1 atom stereocenters. The van der Waals surface area contributed by atoms with Crippen LogP contribution in [0.4, 0.5) is 16.2 Å². The number of benzene rings is 2. The number of nitro groups is 1. The van der Waals surface area contributed by atoms with Gasteiger partial charge in [0.1, 0.15) is 17.8 Å². The van der Waals surface area contributed by atoms with Crippen molar-refractivity contribution in [3.8, 4) is 5.75 Å². The number of rotatable bonds is 6. The highest BCUT2D eigenvalue weighted by Gasteiger charge is 2.49. The zero-order chi connectivity index (χ0) is 22.1. The lowest BCUT2D eigenvalue weighted by atomic mass is 9.92. The minimum Gasteiger partial charge on any atom is -0.494 e. The number of nitrogens with one attached hydrogen (secondary N) is 2. The number of nitrogens with zero attached hydrogens (tertiary/aromatic N) is 2. The number of anilines is 1. The first-order chi connectivity index (χ1) is 14.2. The highest BCUT2D eigenvalue weighted by atomic mass is 35.5. The molecule has 1 aliphatic heterocycles. The van der Waals surface area contributed by atoms with Crippen LogP contribution in [-0.4, -0.2) is 41.3 Å². The van der Waals surface area contributed by atoms with Crippen LogP contribution in [0.15, 0.2) is 42.5 Å². The van der Waals surface area contributed by atoms with Gasteiger partial charge in [-0.05, 0) is 30.7 Å². The summed E-state index contributed by atoms with van der Waals surface area (Å²) in [6.45, 7) is 0.988. The molecule has 1 saturated heterocycles. The monoisotopic (exact) mass is 432 g/mol. The summed E-state index contributed by atoms with van der Waals surface area (Å²) >= 11 is 5.87. The molecule has 0 radical (unpaired) electrons. The van der Waals surface area contributed by atoms with Crippen LogP contribution in [-0.2, 0) is 15.1 Å². The Bertz CT molecular complexity index is 1040. The largest absolute Gasteiger partial charge is 0.494 e. The molecule has 10 nitrogen and oxygen atoms in total. The van der Waals surface area contributed by atoms with Gasteiger partial charge >= 0.3 is 6.03 Å². The Hall–Kier alpha value is -3.66. The van der Waals surface area contributed by atoms with E-state index in [2.05, 4.69) is 10.6 Å². The van der Waals surface area contributed by atoms with Gasteiger partial charge in [0.15, 0.2) is 0 Å². The number of nitro benzene ring substituents is 1. The van der Waals surface area contributed by atoms with E-state index in [-0.39, 0.29) is 17.1 Å². The molecule has 2 aromatic rings. The van der Waals surface area contributed by atoms with Crippen LogP contribution in [0.2, 0.25) is 5.02 Å². The van der Waals surface area contributed by atoms with Gasteiger partial charge in [0.05, 0.1) is 23.8 Å². The molecule has 1 heterocycles. The summed E-state index contributed by atoms with van der Waals surface area (Å²) in [5, 5.41) is 16.4. The van der Waals surface area contributed by atoms with Crippen molar-refractivity contribution in [2.45, 2.75) is 12.5 Å². The summed E-state index contributed by atoms with van der Waals surface area (Å²) in [5.74, 6) is -1.20. The number of methoxy groups -OCH3 is 1. The summed E-state index contributed by atoms with van der Waals surface area (Å²) < 4.78 is 5.06. The second-order valence-corrected chi connectivity index (χ2v) is 7.08. The zero-order valence-corrected chi connectivity index (χ0v) is 16.7. The van der Waals surface area contributed by atoms with E-state index >= 15 is 0 Å². The van der Waals surface area contributed by atoms with Crippen LogP contribution in [0, 0.1) is 10.1 Å². The van der Waals surface area contributed by atoms with E-state index in [4.69, 9.17) is 16.3 Å². The number of imide groups is 1. The van der Waals surface area contributed by atoms with Crippen LogP contribution in [0.25, 0.3) is 0 Å². The number of carbonyl (C=O) groups excluding carboxylic acids is 3. The molecule has 0 saturated carbocycles. The maximum atomic E-state index is 12.9. The highest BCUT2D eigenvalue weighted by molar-refractivity contribution is 6.30. The van der Waals surface area contributed by atoms with Gasteiger partial charge < -0.3 is 15.4 Å². The highest BCUT2D eigenvalue weighted by Crippen LogP contribution is 2.31. The molecule has 0 bridgehead atoms. The van der Waals surface area contributed by atoms with Crippen LogP contribution in [0.5, 0.6) is 5.75 Å². The molecule has 3 rings (SSSR count). The van der Waals surface area contributed by atoms with Crippen LogP contribution >= 0.6 is 11.6 Å². The summed E-state index contributed by atoms with van der Waals surface area (Å²) in [6, 6.07) is 9.36. The Morgan fingerprint density at radius 1 is 1.27 bits per heavy atom. The van der Waals surface area contributed by atoms with Gasteiger partial charge in [-0.1, -0.05) is 23.7 Å². The van der Waals surface area contributed by atoms with Crippen molar-refractivity contribution in [3.05, 3.63) is 63.2 Å². The van der Waals surface area contributed by atoms with E-state index in [1.54, 1.807) is 24.3 Å². The van der Waals surface area contributed by atoms with Gasteiger partial charge in [-0.25, -0.2) is 4.79 Å². The smallest absolute Gasteiger partial charge is 0.325 e. The lowest BCUT2D eigenvalue weighted by Gasteiger charge is -2.22. The van der Waals surface area contributed by atoms with Crippen molar-refractivity contribution in [2.24, 2.45) is 0 Å². The second-order valence-electron chi connectivity index (χ2n) is 6.64. The number of ether oxygens (including phenoxy) is 1. The third-order valence-electron chi connectivity index (χ3n) is 4.67. The minimum absolute atomic E-state index is 0.0701. The van der Waals surface area contributed by atoms with Gasteiger partial charge in [0.2, 0.25) is 5.91 Å². The normalized spacial score (nSPS) is 18.2. The molecule has 30 heavy (non-hydrogen) atoms. The number of amides is 4. The molecule has 2 N–H and O–H groups in total.